The van der Waals surface area contributed by atoms with Crippen molar-refractivity contribution in [3.8, 4) is 0 Å². The van der Waals surface area contributed by atoms with Crippen LogP contribution in [0.15, 0.2) is 0 Å². The number of hydrogen-bond donors (Lipinski definition) is 2. The largest absolute Gasteiger partial charge is 0.355 e. The molecule has 0 unspecified atom stereocenters. The Balaban J connectivity index is 1.51. The summed E-state index contributed by atoms with van der Waals surface area (Å²) in [6, 6.07) is 0.0636. The third-order valence-corrected chi connectivity index (χ3v) is 3.92. The number of nitrogens with zero attached hydrogens (tertiary/aromatic N) is 2. The van der Waals surface area contributed by atoms with E-state index >= 15 is 0 Å². The smallest absolute Gasteiger partial charge is 0.237 e. The standard InChI is InChI=1S/C13H26N4O/c1-16-8-10-17(11-9-16)7-3-6-15-13(18)12-4-2-5-14-12/h12,14H,2-11H2,1H3,(H,15,18)/t12-/m1/s1. The van der Waals surface area contributed by atoms with Crippen molar-refractivity contribution in [2.45, 2.75) is 25.3 Å². The van der Waals surface area contributed by atoms with Crippen LogP contribution in [0.2, 0.25) is 0 Å². The summed E-state index contributed by atoms with van der Waals surface area (Å²) < 4.78 is 0. The molecule has 5 nitrogen and oxygen atoms in total. The van der Waals surface area contributed by atoms with E-state index in [4.69, 9.17) is 0 Å². The summed E-state index contributed by atoms with van der Waals surface area (Å²) in [7, 11) is 2.17. The predicted octanol–water partition coefficient (Wildman–Crippen LogP) is -0.508. The van der Waals surface area contributed by atoms with E-state index < -0.39 is 0 Å². The Morgan fingerprint density at radius 1 is 1.33 bits per heavy atom. The second-order valence-electron chi connectivity index (χ2n) is 5.44. The highest BCUT2D eigenvalue weighted by molar-refractivity contribution is 5.81. The first-order chi connectivity index (χ1) is 8.75. The molecule has 5 heteroatoms. The van der Waals surface area contributed by atoms with Gasteiger partial charge in [-0.05, 0) is 39.4 Å². The van der Waals surface area contributed by atoms with Crippen molar-refractivity contribution in [2.24, 2.45) is 0 Å². The number of hydrogen-bond acceptors (Lipinski definition) is 4. The molecule has 18 heavy (non-hydrogen) atoms. The zero-order chi connectivity index (χ0) is 12.8. The highest BCUT2D eigenvalue weighted by atomic mass is 16.2. The van der Waals surface area contributed by atoms with Gasteiger partial charge in [-0.1, -0.05) is 0 Å². The van der Waals surface area contributed by atoms with Gasteiger partial charge in [0, 0.05) is 32.7 Å². The minimum absolute atomic E-state index is 0.0636. The van der Waals surface area contributed by atoms with Crippen molar-refractivity contribution >= 4 is 5.91 Å². The van der Waals surface area contributed by atoms with Crippen molar-refractivity contribution in [1.82, 2.24) is 20.4 Å². The van der Waals surface area contributed by atoms with Gasteiger partial charge in [0.15, 0.2) is 0 Å². The lowest BCUT2D eigenvalue weighted by Gasteiger charge is -2.32. The number of likely N-dealkylation sites (N-methyl/N-ethyl adjacent to an activating group) is 1. The van der Waals surface area contributed by atoms with Crippen molar-refractivity contribution in [3.05, 3.63) is 0 Å². The maximum atomic E-state index is 11.7. The second kappa shape index (κ2) is 7.07. The normalized spacial score (nSPS) is 26.4. The maximum Gasteiger partial charge on any atom is 0.237 e. The first-order valence-corrected chi connectivity index (χ1v) is 7.18. The molecule has 104 valence electrons. The van der Waals surface area contributed by atoms with E-state index in [0.29, 0.717) is 0 Å². The van der Waals surface area contributed by atoms with Crippen LogP contribution in [0.4, 0.5) is 0 Å². The molecule has 1 amide bonds. The van der Waals surface area contributed by atoms with E-state index in [1.165, 1.54) is 13.1 Å². The molecule has 1 atom stereocenters. The Hall–Kier alpha value is -0.650. The molecule has 0 aliphatic carbocycles. The van der Waals surface area contributed by atoms with Gasteiger partial charge in [0.1, 0.15) is 0 Å². The lowest BCUT2D eigenvalue weighted by Crippen LogP contribution is -2.45. The Kier molecular flexibility index (Phi) is 5.41. The summed E-state index contributed by atoms with van der Waals surface area (Å²) in [5.41, 5.74) is 0. The molecule has 0 spiro atoms. The van der Waals surface area contributed by atoms with Crippen molar-refractivity contribution in [1.29, 1.82) is 0 Å². The topological polar surface area (TPSA) is 47.6 Å². The zero-order valence-electron chi connectivity index (χ0n) is 11.5. The summed E-state index contributed by atoms with van der Waals surface area (Å²) in [6.45, 7) is 7.55. The predicted molar refractivity (Wildman–Crippen MR) is 72.6 cm³/mol. The van der Waals surface area contributed by atoms with Crippen LogP contribution in [0.25, 0.3) is 0 Å². The lowest BCUT2D eigenvalue weighted by molar-refractivity contribution is -0.122. The Morgan fingerprint density at radius 3 is 2.78 bits per heavy atom. The molecule has 0 saturated carbocycles. The van der Waals surface area contributed by atoms with Crippen LogP contribution in [-0.2, 0) is 4.79 Å². The van der Waals surface area contributed by atoms with E-state index in [1.54, 1.807) is 0 Å². The first kappa shape index (κ1) is 13.8. The number of carbonyl (C=O) groups excluding carboxylic acids is 1. The lowest BCUT2D eigenvalue weighted by atomic mass is 10.2. The number of nitrogens with one attached hydrogen (secondary N) is 2. The first-order valence-electron chi connectivity index (χ1n) is 7.18. The monoisotopic (exact) mass is 254 g/mol. The number of carbonyl (C=O) groups is 1. The average Bonchev–Trinajstić information content (AvgIpc) is 2.90. The fraction of sp³-hybridized carbons (Fsp3) is 0.923. The fourth-order valence-corrected chi connectivity index (χ4v) is 2.62. The number of amides is 1. The Morgan fingerprint density at radius 2 is 2.11 bits per heavy atom. The van der Waals surface area contributed by atoms with Gasteiger partial charge in [0.2, 0.25) is 5.91 Å². The molecule has 2 saturated heterocycles. The van der Waals surface area contributed by atoms with Gasteiger partial charge < -0.3 is 20.4 Å². The molecule has 0 aromatic carbocycles. The van der Waals surface area contributed by atoms with Gasteiger partial charge in [0.25, 0.3) is 0 Å². The minimum atomic E-state index is 0.0636. The van der Waals surface area contributed by atoms with Crippen LogP contribution >= 0.6 is 0 Å². The van der Waals surface area contributed by atoms with Crippen LogP contribution in [0.1, 0.15) is 19.3 Å². The molecule has 2 rings (SSSR count). The van der Waals surface area contributed by atoms with E-state index in [2.05, 4.69) is 27.5 Å². The van der Waals surface area contributed by atoms with Gasteiger partial charge >= 0.3 is 0 Å². The maximum absolute atomic E-state index is 11.7. The summed E-state index contributed by atoms with van der Waals surface area (Å²) in [5.74, 6) is 0.186. The fourth-order valence-electron chi connectivity index (χ4n) is 2.62. The van der Waals surface area contributed by atoms with Gasteiger partial charge in [-0.2, -0.15) is 0 Å². The third-order valence-electron chi connectivity index (χ3n) is 3.92. The molecule has 2 fully saturated rings. The molecule has 2 N–H and O–H groups in total. The summed E-state index contributed by atoms with van der Waals surface area (Å²) in [6.07, 6.45) is 3.17. The van der Waals surface area contributed by atoms with E-state index in [1.807, 2.05) is 0 Å². The number of rotatable bonds is 5. The Bertz CT molecular complexity index is 258. The van der Waals surface area contributed by atoms with E-state index in [9.17, 15) is 4.79 Å². The summed E-state index contributed by atoms with van der Waals surface area (Å²) in [4.78, 5) is 16.6. The molecular formula is C13H26N4O. The quantitative estimate of drug-likeness (QED) is 0.649. The van der Waals surface area contributed by atoms with E-state index in [-0.39, 0.29) is 11.9 Å². The second-order valence-corrected chi connectivity index (χ2v) is 5.44. The molecule has 0 aromatic heterocycles. The van der Waals surface area contributed by atoms with Crippen LogP contribution in [0, 0.1) is 0 Å². The summed E-state index contributed by atoms with van der Waals surface area (Å²) >= 11 is 0. The van der Waals surface area contributed by atoms with Gasteiger partial charge in [0.05, 0.1) is 6.04 Å². The Labute approximate surface area is 110 Å². The molecular weight excluding hydrogens is 228 g/mol. The molecule has 2 heterocycles. The molecule has 2 aliphatic heterocycles. The molecule has 0 bridgehead atoms. The van der Waals surface area contributed by atoms with Crippen LogP contribution in [0.3, 0.4) is 0 Å². The highest BCUT2D eigenvalue weighted by Gasteiger charge is 2.21. The van der Waals surface area contributed by atoms with Crippen LogP contribution in [0.5, 0.6) is 0 Å². The average molecular weight is 254 g/mol. The van der Waals surface area contributed by atoms with Gasteiger partial charge in [-0.25, -0.2) is 0 Å². The van der Waals surface area contributed by atoms with E-state index in [0.717, 1.165) is 52.0 Å². The van der Waals surface area contributed by atoms with Crippen molar-refractivity contribution in [3.63, 3.8) is 0 Å². The van der Waals surface area contributed by atoms with Crippen LogP contribution < -0.4 is 10.6 Å². The number of piperazine rings is 1. The zero-order valence-corrected chi connectivity index (χ0v) is 11.5. The van der Waals surface area contributed by atoms with Crippen LogP contribution in [-0.4, -0.2) is 74.6 Å². The SMILES string of the molecule is CN1CCN(CCCNC(=O)[C@H]2CCCN2)CC1. The molecule has 0 aromatic rings. The van der Waals surface area contributed by atoms with Crippen molar-refractivity contribution in [2.75, 3.05) is 52.9 Å². The van der Waals surface area contributed by atoms with Gasteiger partial charge in [-0.15, -0.1) is 0 Å². The molecule has 0 radical (unpaired) electrons. The summed E-state index contributed by atoms with van der Waals surface area (Å²) in [5, 5.41) is 6.26. The van der Waals surface area contributed by atoms with Gasteiger partial charge in [-0.3, -0.25) is 4.79 Å². The third kappa shape index (κ3) is 4.23. The molecule has 2 aliphatic rings. The minimum Gasteiger partial charge on any atom is -0.355 e. The van der Waals surface area contributed by atoms with Crippen molar-refractivity contribution < 1.29 is 4.79 Å². The highest BCUT2D eigenvalue weighted by Crippen LogP contribution is 2.04.